The van der Waals surface area contributed by atoms with E-state index in [0.717, 1.165) is 29.7 Å². The van der Waals surface area contributed by atoms with Crippen LogP contribution in [0.25, 0.3) is 0 Å². The maximum Gasteiger partial charge on any atom is 0.338 e. The maximum absolute atomic E-state index is 12.7. The number of ether oxygens (including phenoxy) is 2. The molecule has 3 rings (SSSR count). The third-order valence-electron chi connectivity index (χ3n) is 4.80. The van der Waals surface area contributed by atoms with E-state index in [1.165, 1.54) is 0 Å². The smallest absolute Gasteiger partial charge is 0.338 e. The van der Waals surface area contributed by atoms with Gasteiger partial charge in [-0.3, -0.25) is 4.79 Å². The van der Waals surface area contributed by atoms with Crippen LogP contribution in [0.2, 0.25) is 0 Å². The summed E-state index contributed by atoms with van der Waals surface area (Å²) in [5.74, 6) is -0.0321. The van der Waals surface area contributed by atoms with Crippen molar-refractivity contribution in [3.05, 3.63) is 65.2 Å². The van der Waals surface area contributed by atoms with Crippen LogP contribution in [-0.2, 0) is 22.6 Å². The zero-order valence-electron chi connectivity index (χ0n) is 16.8. The van der Waals surface area contributed by atoms with Gasteiger partial charge in [-0.25, -0.2) is 9.59 Å². The number of nitrogens with zero attached hydrogens (tertiary/aromatic N) is 1. The molecule has 0 aliphatic heterocycles. The lowest BCUT2D eigenvalue weighted by atomic mass is 10.1. The Morgan fingerprint density at radius 1 is 1.03 bits per heavy atom. The fourth-order valence-corrected chi connectivity index (χ4v) is 2.98. The van der Waals surface area contributed by atoms with Gasteiger partial charge in [0.05, 0.1) is 12.7 Å². The van der Waals surface area contributed by atoms with Crippen LogP contribution < -0.4 is 15.8 Å². The van der Waals surface area contributed by atoms with Crippen LogP contribution in [0.15, 0.2) is 48.5 Å². The average molecular weight is 411 g/mol. The molecule has 1 fully saturated rings. The Labute approximate surface area is 174 Å². The monoisotopic (exact) mass is 411 g/mol. The summed E-state index contributed by atoms with van der Waals surface area (Å²) in [6.45, 7) is 0.425. The van der Waals surface area contributed by atoms with Crippen molar-refractivity contribution in [1.29, 1.82) is 0 Å². The number of carbonyl (C=O) groups is 3. The predicted molar refractivity (Wildman–Crippen MR) is 110 cm³/mol. The lowest BCUT2D eigenvalue weighted by molar-refractivity contribution is -0.135. The van der Waals surface area contributed by atoms with Gasteiger partial charge in [0.2, 0.25) is 0 Å². The second kappa shape index (κ2) is 9.78. The van der Waals surface area contributed by atoms with Crippen molar-refractivity contribution in [2.45, 2.75) is 32.0 Å². The highest BCUT2D eigenvalue weighted by Crippen LogP contribution is 2.29. The van der Waals surface area contributed by atoms with Gasteiger partial charge in [-0.05, 0) is 48.2 Å². The molecule has 1 aliphatic rings. The number of urea groups is 1. The van der Waals surface area contributed by atoms with Gasteiger partial charge in [0.1, 0.15) is 5.75 Å². The Morgan fingerprint density at radius 2 is 1.67 bits per heavy atom. The predicted octanol–water partition coefficient (Wildman–Crippen LogP) is 2.21. The SMILES string of the molecule is COc1ccc(CN(C(=O)COC(=O)c2ccc(CNC(N)=O)cc2)C2CC2)cc1. The van der Waals surface area contributed by atoms with Gasteiger partial charge in [0.15, 0.2) is 6.61 Å². The lowest BCUT2D eigenvalue weighted by Gasteiger charge is -2.22. The molecule has 8 heteroatoms. The van der Waals surface area contributed by atoms with Crippen LogP contribution >= 0.6 is 0 Å². The summed E-state index contributed by atoms with van der Waals surface area (Å²) in [5.41, 5.74) is 7.15. The summed E-state index contributed by atoms with van der Waals surface area (Å²) < 4.78 is 10.4. The third kappa shape index (κ3) is 5.97. The molecule has 8 nitrogen and oxygen atoms in total. The molecule has 0 radical (unpaired) electrons. The second-order valence-electron chi connectivity index (χ2n) is 7.09. The molecular formula is C22H25N3O5. The van der Waals surface area contributed by atoms with Crippen LogP contribution in [0, 0.1) is 0 Å². The Balaban J connectivity index is 1.53. The van der Waals surface area contributed by atoms with Crippen molar-refractivity contribution >= 4 is 17.9 Å². The van der Waals surface area contributed by atoms with E-state index >= 15 is 0 Å². The first kappa shape index (κ1) is 21.2. The quantitative estimate of drug-likeness (QED) is 0.615. The first-order chi connectivity index (χ1) is 14.5. The van der Waals surface area contributed by atoms with E-state index in [9.17, 15) is 14.4 Å². The molecule has 3 amide bonds. The largest absolute Gasteiger partial charge is 0.497 e. The van der Waals surface area contributed by atoms with Gasteiger partial charge < -0.3 is 25.4 Å². The summed E-state index contributed by atoms with van der Waals surface area (Å²) >= 11 is 0. The summed E-state index contributed by atoms with van der Waals surface area (Å²) in [5, 5.41) is 2.47. The molecule has 3 N–H and O–H groups in total. The van der Waals surface area contributed by atoms with Crippen molar-refractivity contribution in [2.24, 2.45) is 5.73 Å². The molecule has 0 bridgehead atoms. The van der Waals surface area contributed by atoms with E-state index in [4.69, 9.17) is 15.2 Å². The number of nitrogens with one attached hydrogen (secondary N) is 1. The third-order valence-corrected chi connectivity index (χ3v) is 4.80. The number of hydrogen-bond acceptors (Lipinski definition) is 5. The molecular weight excluding hydrogens is 386 g/mol. The number of amides is 3. The van der Waals surface area contributed by atoms with Crippen molar-refractivity contribution in [2.75, 3.05) is 13.7 Å². The van der Waals surface area contributed by atoms with Gasteiger partial charge in [-0.15, -0.1) is 0 Å². The maximum atomic E-state index is 12.7. The first-order valence-corrected chi connectivity index (χ1v) is 9.68. The van der Waals surface area contributed by atoms with E-state index in [1.54, 1.807) is 36.3 Å². The van der Waals surface area contributed by atoms with Crippen LogP contribution in [-0.4, -0.2) is 42.6 Å². The van der Waals surface area contributed by atoms with Crippen molar-refractivity contribution in [3.63, 3.8) is 0 Å². The minimum absolute atomic E-state index is 0.190. The number of primary amides is 1. The van der Waals surface area contributed by atoms with Gasteiger partial charge in [-0.2, -0.15) is 0 Å². The van der Waals surface area contributed by atoms with E-state index in [2.05, 4.69) is 5.32 Å². The summed E-state index contributed by atoms with van der Waals surface area (Å²) in [6, 6.07) is 13.7. The van der Waals surface area contributed by atoms with Crippen LogP contribution in [0.4, 0.5) is 4.79 Å². The van der Waals surface area contributed by atoms with Gasteiger partial charge >= 0.3 is 12.0 Å². The molecule has 2 aromatic rings. The molecule has 158 valence electrons. The zero-order valence-corrected chi connectivity index (χ0v) is 16.8. The van der Waals surface area contributed by atoms with E-state index in [1.807, 2.05) is 24.3 Å². The van der Waals surface area contributed by atoms with Gasteiger partial charge in [0, 0.05) is 19.1 Å². The molecule has 0 heterocycles. The Bertz CT molecular complexity index is 892. The average Bonchev–Trinajstić information content (AvgIpc) is 3.60. The highest BCUT2D eigenvalue weighted by atomic mass is 16.5. The molecule has 30 heavy (non-hydrogen) atoms. The second-order valence-corrected chi connectivity index (χ2v) is 7.09. The molecule has 0 unspecified atom stereocenters. The standard InChI is InChI=1S/C22H25N3O5/c1-29-19-10-4-16(5-11-19)13-25(18-8-9-18)20(26)14-30-21(27)17-6-2-15(3-7-17)12-24-22(23)28/h2-7,10-11,18H,8-9,12-14H2,1H3,(H3,23,24,28). The Kier molecular flexibility index (Phi) is 6.90. The molecule has 1 aliphatic carbocycles. The minimum Gasteiger partial charge on any atom is -0.497 e. The van der Waals surface area contributed by atoms with Gasteiger partial charge in [-0.1, -0.05) is 24.3 Å². The molecule has 0 spiro atoms. The summed E-state index contributed by atoms with van der Waals surface area (Å²) in [7, 11) is 1.61. The number of rotatable bonds is 9. The van der Waals surface area contributed by atoms with Crippen LogP contribution in [0.3, 0.4) is 0 Å². The molecule has 1 saturated carbocycles. The summed E-state index contributed by atoms with van der Waals surface area (Å²) in [4.78, 5) is 37.4. The number of nitrogens with two attached hydrogens (primary N) is 1. The van der Waals surface area contributed by atoms with Crippen molar-refractivity contribution in [3.8, 4) is 5.75 Å². The van der Waals surface area contributed by atoms with Gasteiger partial charge in [0.25, 0.3) is 5.91 Å². The van der Waals surface area contributed by atoms with Crippen LogP contribution in [0.1, 0.15) is 34.3 Å². The molecule has 0 saturated heterocycles. The molecule has 2 aromatic carbocycles. The Morgan fingerprint density at radius 3 is 2.23 bits per heavy atom. The van der Waals surface area contributed by atoms with Crippen LogP contribution in [0.5, 0.6) is 5.75 Å². The van der Waals surface area contributed by atoms with E-state index < -0.39 is 12.0 Å². The number of hydrogen-bond donors (Lipinski definition) is 2. The fraction of sp³-hybridized carbons (Fsp3) is 0.318. The molecule has 0 atom stereocenters. The minimum atomic E-state index is -0.619. The Hall–Kier alpha value is -3.55. The van der Waals surface area contributed by atoms with Crippen molar-refractivity contribution < 1.29 is 23.9 Å². The summed E-state index contributed by atoms with van der Waals surface area (Å²) in [6.07, 6.45) is 1.91. The number of carbonyl (C=O) groups excluding carboxylic acids is 3. The first-order valence-electron chi connectivity index (χ1n) is 9.68. The van der Waals surface area contributed by atoms with Crippen molar-refractivity contribution in [1.82, 2.24) is 10.2 Å². The highest BCUT2D eigenvalue weighted by molar-refractivity contribution is 5.91. The highest BCUT2D eigenvalue weighted by Gasteiger charge is 2.33. The number of methoxy groups -OCH3 is 1. The number of benzene rings is 2. The topological polar surface area (TPSA) is 111 Å². The zero-order chi connectivity index (χ0) is 21.5. The number of esters is 1. The van der Waals surface area contributed by atoms with E-state index in [0.29, 0.717) is 12.1 Å². The molecule has 0 aromatic heterocycles. The lowest BCUT2D eigenvalue weighted by Crippen LogP contribution is -2.36. The normalized spacial score (nSPS) is 12.7. The fourth-order valence-electron chi connectivity index (χ4n) is 2.98. The van der Waals surface area contributed by atoms with E-state index in [-0.39, 0.29) is 25.1 Å².